The molecular formula is C16H19NO4S. The maximum absolute atomic E-state index is 12.0. The van der Waals surface area contributed by atoms with Gasteiger partial charge in [0.25, 0.3) is 0 Å². The van der Waals surface area contributed by atoms with E-state index in [0.717, 1.165) is 22.1 Å². The van der Waals surface area contributed by atoms with Crippen molar-refractivity contribution in [3.8, 4) is 0 Å². The maximum atomic E-state index is 12.0. The third-order valence-electron chi connectivity index (χ3n) is 4.08. The van der Waals surface area contributed by atoms with Crippen molar-refractivity contribution < 1.29 is 17.6 Å². The highest BCUT2D eigenvalue weighted by Gasteiger charge is 2.27. The van der Waals surface area contributed by atoms with Gasteiger partial charge in [-0.25, -0.2) is 8.42 Å². The average molecular weight is 321 g/mol. The number of hydrogen-bond acceptors (Lipinski definition) is 4. The van der Waals surface area contributed by atoms with Gasteiger partial charge in [-0.2, -0.15) is 0 Å². The molecule has 5 nitrogen and oxygen atoms in total. The van der Waals surface area contributed by atoms with Crippen LogP contribution in [0.1, 0.15) is 17.5 Å². The van der Waals surface area contributed by atoms with Gasteiger partial charge in [-0.3, -0.25) is 4.79 Å². The van der Waals surface area contributed by atoms with Gasteiger partial charge in [0, 0.05) is 17.5 Å². The molecule has 1 aromatic carbocycles. The second-order valence-electron chi connectivity index (χ2n) is 6.01. The fourth-order valence-electron chi connectivity index (χ4n) is 2.85. The summed E-state index contributed by atoms with van der Waals surface area (Å²) in [5.41, 5.74) is 2.75. The summed E-state index contributed by atoms with van der Waals surface area (Å²) in [6.07, 6.45) is 2.50. The molecule has 0 aliphatic carbocycles. The summed E-state index contributed by atoms with van der Waals surface area (Å²) in [6.45, 7) is 2.41. The highest BCUT2D eigenvalue weighted by Crippen LogP contribution is 2.23. The van der Waals surface area contributed by atoms with E-state index in [2.05, 4.69) is 5.32 Å². The summed E-state index contributed by atoms with van der Waals surface area (Å²) in [5, 5.41) is 3.78. The third kappa shape index (κ3) is 3.32. The lowest BCUT2D eigenvalue weighted by Crippen LogP contribution is -2.30. The second kappa shape index (κ2) is 5.76. The number of hydrogen-bond donors (Lipinski definition) is 1. The second-order valence-corrected chi connectivity index (χ2v) is 8.24. The molecule has 0 bridgehead atoms. The first-order valence-electron chi connectivity index (χ1n) is 7.37. The van der Waals surface area contributed by atoms with Gasteiger partial charge in [-0.05, 0) is 30.9 Å². The maximum Gasteiger partial charge on any atom is 0.224 e. The SMILES string of the molecule is Cc1ccc2c(CC(=O)NC[C@H]3CCS(=O)(=O)C3)coc2c1. The highest BCUT2D eigenvalue weighted by atomic mass is 32.2. The Balaban J connectivity index is 1.59. The zero-order valence-corrected chi connectivity index (χ0v) is 13.3. The Morgan fingerprint density at radius 2 is 2.23 bits per heavy atom. The van der Waals surface area contributed by atoms with E-state index in [1.807, 2.05) is 25.1 Å². The van der Waals surface area contributed by atoms with Crippen LogP contribution >= 0.6 is 0 Å². The fourth-order valence-corrected chi connectivity index (χ4v) is 4.72. The standard InChI is InChI=1S/C16H19NO4S/c1-11-2-3-14-13(9-21-15(14)6-11)7-16(18)17-8-12-4-5-22(19,20)10-12/h2-3,6,9,12H,4-5,7-8,10H2,1H3,(H,17,18)/t12-/m1/s1. The van der Waals surface area contributed by atoms with Crippen LogP contribution in [0.2, 0.25) is 0 Å². The first kappa shape index (κ1) is 15.1. The monoisotopic (exact) mass is 321 g/mol. The number of sulfone groups is 1. The van der Waals surface area contributed by atoms with Crippen LogP contribution < -0.4 is 5.32 Å². The van der Waals surface area contributed by atoms with Gasteiger partial charge in [0.15, 0.2) is 9.84 Å². The summed E-state index contributed by atoms with van der Waals surface area (Å²) in [4.78, 5) is 12.0. The summed E-state index contributed by atoms with van der Waals surface area (Å²) in [7, 11) is -2.89. The van der Waals surface area contributed by atoms with Crippen LogP contribution in [0.15, 0.2) is 28.9 Å². The van der Waals surface area contributed by atoms with Crippen LogP contribution in [0.5, 0.6) is 0 Å². The molecule has 6 heteroatoms. The average Bonchev–Trinajstić information content (AvgIpc) is 3.00. The predicted molar refractivity (Wildman–Crippen MR) is 84.4 cm³/mol. The molecule has 1 atom stereocenters. The van der Waals surface area contributed by atoms with Crippen LogP contribution in [-0.4, -0.2) is 32.4 Å². The van der Waals surface area contributed by atoms with Crippen molar-refractivity contribution in [2.24, 2.45) is 5.92 Å². The van der Waals surface area contributed by atoms with E-state index < -0.39 is 9.84 Å². The topological polar surface area (TPSA) is 76.4 Å². The summed E-state index contributed by atoms with van der Waals surface area (Å²) < 4.78 is 28.3. The molecular weight excluding hydrogens is 302 g/mol. The molecule has 2 heterocycles. The number of nitrogens with one attached hydrogen (secondary N) is 1. The van der Waals surface area contributed by atoms with E-state index in [4.69, 9.17) is 4.42 Å². The van der Waals surface area contributed by atoms with Crippen LogP contribution in [0.25, 0.3) is 11.0 Å². The van der Waals surface area contributed by atoms with Crippen LogP contribution in [0.3, 0.4) is 0 Å². The Hall–Kier alpha value is -1.82. The molecule has 3 rings (SSSR count). The number of carbonyl (C=O) groups is 1. The zero-order valence-electron chi connectivity index (χ0n) is 12.5. The molecule has 1 aliphatic rings. The minimum atomic E-state index is -2.89. The quantitative estimate of drug-likeness (QED) is 0.932. The molecule has 0 saturated carbocycles. The lowest BCUT2D eigenvalue weighted by atomic mass is 10.1. The van der Waals surface area contributed by atoms with Gasteiger partial charge >= 0.3 is 0 Å². The number of amides is 1. The number of rotatable bonds is 4. The van der Waals surface area contributed by atoms with Gasteiger partial charge in [-0.1, -0.05) is 12.1 Å². The smallest absolute Gasteiger partial charge is 0.224 e. The molecule has 2 aromatic rings. The molecule has 1 aliphatic heterocycles. The molecule has 0 unspecified atom stereocenters. The molecule has 1 saturated heterocycles. The van der Waals surface area contributed by atoms with Gasteiger partial charge < -0.3 is 9.73 Å². The Morgan fingerprint density at radius 1 is 1.41 bits per heavy atom. The minimum Gasteiger partial charge on any atom is -0.464 e. The Morgan fingerprint density at radius 3 is 2.95 bits per heavy atom. The van der Waals surface area contributed by atoms with Crippen molar-refractivity contribution in [2.45, 2.75) is 19.8 Å². The first-order chi connectivity index (χ1) is 10.4. The largest absolute Gasteiger partial charge is 0.464 e. The Kier molecular flexibility index (Phi) is 3.95. The van der Waals surface area contributed by atoms with Crippen LogP contribution in [0, 0.1) is 12.8 Å². The van der Waals surface area contributed by atoms with Gasteiger partial charge in [0.2, 0.25) is 5.91 Å². The van der Waals surface area contributed by atoms with E-state index in [0.29, 0.717) is 13.0 Å². The molecule has 22 heavy (non-hydrogen) atoms. The third-order valence-corrected chi connectivity index (χ3v) is 5.91. The Labute approximate surface area is 129 Å². The number of fused-ring (bicyclic) bond motifs is 1. The Bertz CT molecular complexity index is 807. The molecule has 1 fully saturated rings. The van der Waals surface area contributed by atoms with E-state index in [-0.39, 0.29) is 29.8 Å². The fraction of sp³-hybridized carbons (Fsp3) is 0.438. The van der Waals surface area contributed by atoms with E-state index >= 15 is 0 Å². The van der Waals surface area contributed by atoms with Crippen molar-refractivity contribution in [1.29, 1.82) is 0 Å². The minimum absolute atomic E-state index is 0.0395. The summed E-state index contributed by atoms with van der Waals surface area (Å²) in [5.74, 6) is 0.353. The first-order valence-corrected chi connectivity index (χ1v) is 9.19. The van der Waals surface area contributed by atoms with Crippen LogP contribution in [0.4, 0.5) is 0 Å². The van der Waals surface area contributed by atoms with Crippen molar-refractivity contribution in [3.63, 3.8) is 0 Å². The lowest BCUT2D eigenvalue weighted by Gasteiger charge is -2.09. The van der Waals surface area contributed by atoms with Crippen molar-refractivity contribution >= 4 is 26.7 Å². The van der Waals surface area contributed by atoms with Crippen LogP contribution in [-0.2, 0) is 21.1 Å². The zero-order chi connectivity index (χ0) is 15.7. The van der Waals surface area contributed by atoms with Crippen molar-refractivity contribution in [2.75, 3.05) is 18.1 Å². The van der Waals surface area contributed by atoms with Gasteiger partial charge in [-0.15, -0.1) is 0 Å². The van der Waals surface area contributed by atoms with Gasteiger partial charge in [0.1, 0.15) is 5.58 Å². The lowest BCUT2D eigenvalue weighted by molar-refractivity contribution is -0.120. The van der Waals surface area contributed by atoms with Crippen molar-refractivity contribution in [3.05, 3.63) is 35.6 Å². The number of carbonyl (C=O) groups excluding carboxylic acids is 1. The molecule has 0 spiro atoms. The van der Waals surface area contributed by atoms with Crippen molar-refractivity contribution in [1.82, 2.24) is 5.32 Å². The highest BCUT2D eigenvalue weighted by molar-refractivity contribution is 7.91. The molecule has 1 aromatic heterocycles. The predicted octanol–water partition coefficient (Wildman–Crippen LogP) is 1.83. The van der Waals surface area contributed by atoms with Gasteiger partial charge in [0.05, 0.1) is 24.2 Å². The summed E-state index contributed by atoms with van der Waals surface area (Å²) in [6, 6.07) is 5.89. The number of aryl methyl sites for hydroxylation is 1. The van der Waals surface area contributed by atoms with E-state index in [9.17, 15) is 13.2 Å². The normalized spacial score (nSPS) is 20.3. The molecule has 1 N–H and O–H groups in total. The molecule has 0 radical (unpaired) electrons. The molecule has 118 valence electrons. The number of furan rings is 1. The van der Waals surface area contributed by atoms with E-state index in [1.165, 1.54) is 0 Å². The summed E-state index contributed by atoms with van der Waals surface area (Å²) >= 11 is 0. The number of benzene rings is 1. The van der Waals surface area contributed by atoms with E-state index in [1.54, 1.807) is 6.26 Å². The molecule has 1 amide bonds.